The molecule has 0 spiro atoms. The van der Waals surface area contributed by atoms with Crippen LogP contribution in [0.15, 0.2) is 18.2 Å². The predicted octanol–water partition coefficient (Wildman–Crippen LogP) is 2.80. The Morgan fingerprint density at radius 3 is 3.00 bits per heavy atom. The number of carbonyl (C=O) groups is 1. The molecule has 0 radical (unpaired) electrons. The Labute approximate surface area is 101 Å². The highest BCUT2D eigenvalue weighted by molar-refractivity contribution is 6.31. The number of hydrogen-bond donors (Lipinski definition) is 0. The first kappa shape index (κ1) is 11.6. The minimum absolute atomic E-state index is 0.0670. The Hall–Kier alpha value is -0.860. The molecule has 3 heteroatoms. The second-order valence-electron chi connectivity index (χ2n) is 4.30. The Morgan fingerprint density at radius 1 is 1.56 bits per heavy atom. The molecule has 0 aliphatic carbocycles. The second-order valence-corrected chi connectivity index (χ2v) is 4.71. The van der Waals surface area contributed by atoms with Gasteiger partial charge in [-0.05, 0) is 30.5 Å². The molecule has 1 unspecified atom stereocenters. The number of ketones is 1. The van der Waals surface area contributed by atoms with Crippen LogP contribution >= 0.6 is 11.6 Å². The Morgan fingerprint density at radius 2 is 2.38 bits per heavy atom. The number of benzene rings is 1. The van der Waals surface area contributed by atoms with Crippen LogP contribution in [-0.4, -0.2) is 19.0 Å². The van der Waals surface area contributed by atoms with Gasteiger partial charge in [-0.3, -0.25) is 4.79 Å². The molecule has 0 amide bonds. The molecule has 1 aromatic carbocycles. The van der Waals surface area contributed by atoms with Crippen molar-refractivity contribution in [1.29, 1.82) is 0 Å². The number of hydrogen-bond acceptors (Lipinski definition) is 2. The van der Waals surface area contributed by atoms with Gasteiger partial charge in [-0.25, -0.2) is 0 Å². The third-order valence-corrected chi connectivity index (χ3v) is 3.31. The number of rotatable bonds is 3. The van der Waals surface area contributed by atoms with E-state index in [2.05, 4.69) is 0 Å². The second kappa shape index (κ2) is 4.98. The highest BCUT2D eigenvalue weighted by atomic mass is 35.5. The normalized spacial score (nSPS) is 20.0. The van der Waals surface area contributed by atoms with E-state index in [1.165, 1.54) is 0 Å². The van der Waals surface area contributed by atoms with Crippen LogP contribution in [0.1, 0.15) is 17.5 Å². The molecule has 0 saturated carbocycles. The maximum atomic E-state index is 11.9. The summed E-state index contributed by atoms with van der Waals surface area (Å²) in [6.07, 6.45) is 1.27. The fraction of sp³-hybridized carbons (Fsp3) is 0.462. The van der Waals surface area contributed by atoms with Gasteiger partial charge in [0.2, 0.25) is 0 Å². The molecule has 86 valence electrons. The average Bonchev–Trinajstić information content (AvgIpc) is 2.75. The van der Waals surface area contributed by atoms with Crippen LogP contribution in [0.4, 0.5) is 0 Å². The summed E-state index contributed by atoms with van der Waals surface area (Å²) in [4.78, 5) is 11.9. The summed E-state index contributed by atoms with van der Waals surface area (Å²) in [6, 6.07) is 5.82. The van der Waals surface area contributed by atoms with Crippen LogP contribution < -0.4 is 0 Å². The van der Waals surface area contributed by atoms with Crippen LogP contribution in [0.3, 0.4) is 0 Å². The molecule has 0 bridgehead atoms. The Balaban J connectivity index is 2.05. The van der Waals surface area contributed by atoms with Gasteiger partial charge in [-0.15, -0.1) is 0 Å². The predicted molar refractivity (Wildman–Crippen MR) is 63.8 cm³/mol. The van der Waals surface area contributed by atoms with Crippen molar-refractivity contribution < 1.29 is 9.53 Å². The molecule has 16 heavy (non-hydrogen) atoms. The van der Waals surface area contributed by atoms with E-state index in [0.717, 1.165) is 17.5 Å². The fourth-order valence-electron chi connectivity index (χ4n) is 1.92. The van der Waals surface area contributed by atoms with Crippen molar-refractivity contribution in [3.8, 4) is 0 Å². The standard InChI is InChI=1S/C13H15ClO2/c1-9-2-3-10(12(14)6-9)7-13(15)11-4-5-16-8-11/h2-3,6,11H,4-5,7-8H2,1H3. The summed E-state index contributed by atoms with van der Waals surface area (Å²) >= 11 is 6.10. The number of carbonyl (C=O) groups excluding carboxylic acids is 1. The van der Waals surface area contributed by atoms with E-state index < -0.39 is 0 Å². The van der Waals surface area contributed by atoms with Gasteiger partial charge in [-0.1, -0.05) is 23.7 Å². The summed E-state index contributed by atoms with van der Waals surface area (Å²) in [5.74, 6) is 0.306. The first-order valence-electron chi connectivity index (χ1n) is 5.52. The van der Waals surface area contributed by atoms with Crippen molar-refractivity contribution >= 4 is 17.4 Å². The molecular weight excluding hydrogens is 224 g/mol. The van der Waals surface area contributed by atoms with Crippen molar-refractivity contribution in [2.24, 2.45) is 5.92 Å². The Kier molecular flexibility index (Phi) is 3.62. The van der Waals surface area contributed by atoms with E-state index in [9.17, 15) is 4.79 Å². The summed E-state index contributed by atoms with van der Waals surface area (Å²) in [7, 11) is 0. The van der Waals surface area contributed by atoms with E-state index in [4.69, 9.17) is 16.3 Å². The van der Waals surface area contributed by atoms with Gasteiger partial charge >= 0.3 is 0 Å². The molecule has 0 N–H and O–H groups in total. The maximum Gasteiger partial charge on any atom is 0.142 e. The van der Waals surface area contributed by atoms with Gasteiger partial charge in [0.15, 0.2) is 0 Å². The molecule has 1 atom stereocenters. The van der Waals surface area contributed by atoms with Crippen molar-refractivity contribution in [3.63, 3.8) is 0 Å². The lowest BCUT2D eigenvalue weighted by molar-refractivity contribution is -0.122. The first-order chi connectivity index (χ1) is 7.66. The quantitative estimate of drug-likeness (QED) is 0.810. The lowest BCUT2D eigenvalue weighted by Crippen LogP contribution is -2.16. The van der Waals surface area contributed by atoms with Crippen LogP contribution in [0.25, 0.3) is 0 Å². The van der Waals surface area contributed by atoms with E-state index in [0.29, 0.717) is 24.7 Å². The molecule has 1 fully saturated rings. The molecule has 2 rings (SSSR count). The third kappa shape index (κ3) is 2.63. The molecule has 1 aliphatic heterocycles. The van der Waals surface area contributed by atoms with Gasteiger partial charge in [0.1, 0.15) is 5.78 Å². The van der Waals surface area contributed by atoms with Crippen LogP contribution in [0.2, 0.25) is 5.02 Å². The molecule has 1 aliphatic rings. The largest absolute Gasteiger partial charge is 0.381 e. The van der Waals surface area contributed by atoms with E-state index in [1.807, 2.05) is 25.1 Å². The topological polar surface area (TPSA) is 26.3 Å². The summed E-state index contributed by atoms with van der Waals surface area (Å²) < 4.78 is 5.21. The van der Waals surface area contributed by atoms with E-state index in [-0.39, 0.29) is 11.7 Å². The molecular formula is C13H15ClO2. The average molecular weight is 239 g/mol. The number of aryl methyl sites for hydroxylation is 1. The Bertz CT molecular complexity index is 395. The lowest BCUT2D eigenvalue weighted by Gasteiger charge is -2.08. The van der Waals surface area contributed by atoms with Crippen LogP contribution in [0.5, 0.6) is 0 Å². The first-order valence-corrected chi connectivity index (χ1v) is 5.90. The van der Waals surface area contributed by atoms with E-state index >= 15 is 0 Å². The number of ether oxygens (including phenoxy) is 1. The summed E-state index contributed by atoms with van der Waals surface area (Å²) in [5.41, 5.74) is 2.04. The van der Waals surface area contributed by atoms with Crippen molar-refractivity contribution in [1.82, 2.24) is 0 Å². The van der Waals surface area contributed by atoms with Crippen molar-refractivity contribution in [3.05, 3.63) is 34.3 Å². The highest BCUT2D eigenvalue weighted by Gasteiger charge is 2.23. The molecule has 2 nitrogen and oxygen atoms in total. The van der Waals surface area contributed by atoms with Gasteiger partial charge in [0.25, 0.3) is 0 Å². The van der Waals surface area contributed by atoms with Gasteiger partial charge in [0.05, 0.1) is 6.61 Å². The summed E-state index contributed by atoms with van der Waals surface area (Å²) in [6.45, 7) is 3.27. The zero-order valence-electron chi connectivity index (χ0n) is 9.33. The van der Waals surface area contributed by atoms with Gasteiger partial charge in [0, 0.05) is 24.0 Å². The highest BCUT2D eigenvalue weighted by Crippen LogP contribution is 2.21. The molecule has 0 aromatic heterocycles. The van der Waals surface area contributed by atoms with Gasteiger partial charge < -0.3 is 4.74 Å². The third-order valence-electron chi connectivity index (χ3n) is 2.96. The smallest absolute Gasteiger partial charge is 0.142 e. The minimum atomic E-state index is 0.0670. The SMILES string of the molecule is Cc1ccc(CC(=O)C2CCOC2)c(Cl)c1. The number of Topliss-reactive ketones (excluding diaryl/α,β-unsaturated/α-hetero) is 1. The van der Waals surface area contributed by atoms with Crippen LogP contribution in [-0.2, 0) is 16.0 Å². The zero-order chi connectivity index (χ0) is 11.5. The van der Waals surface area contributed by atoms with Crippen LogP contribution in [0, 0.1) is 12.8 Å². The van der Waals surface area contributed by atoms with Gasteiger partial charge in [-0.2, -0.15) is 0 Å². The molecule has 1 saturated heterocycles. The minimum Gasteiger partial charge on any atom is -0.381 e. The lowest BCUT2D eigenvalue weighted by atomic mass is 9.97. The summed E-state index contributed by atoms with van der Waals surface area (Å²) in [5, 5.41) is 0.687. The monoisotopic (exact) mass is 238 g/mol. The molecule has 1 aromatic rings. The maximum absolute atomic E-state index is 11.9. The number of halogens is 1. The zero-order valence-corrected chi connectivity index (χ0v) is 10.1. The van der Waals surface area contributed by atoms with Crippen molar-refractivity contribution in [2.75, 3.05) is 13.2 Å². The van der Waals surface area contributed by atoms with E-state index in [1.54, 1.807) is 0 Å². The molecule has 1 heterocycles. The van der Waals surface area contributed by atoms with Crippen molar-refractivity contribution in [2.45, 2.75) is 19.8 Å². The fourth-order valence-corrected chi connectivity index (χ4v) is 2.22.